The van der Waals surface area contributed by atoms with Gasteiger partial charge in [-0.2, -0.15) is 0 Å². The summed E-state index contributed by atoms with van der Waals surface area (Å²) in [4.78, 5) is 15.9. The third-order valence-electron chi connectivity index (χ3n) is 4.53. The van der Waals surface area contributed by atoms with Crippen LogP contribution in [0, 0.1) is 0 Å². The predicted molar refractivity (Wildman–Crippen MR) is 89.5 cm³/mol. The molecule has 0 spiro atoms. The van der Waals surface area contributed by atoms with Crippen LogP contribution in [0.2, 0.25) is 0 Å². The summed E-state index contributed by atoms with van der Waals surface area (Å²) in [5.41, 5.74) is 0. The van der Waals surface area contributed by atoms with Gasteiger partial charge in [-0.05, 0) is 43.3 Å². The highest BCUT2D eigenvalue weighted by molar-refractivity contribution is 7.20. The number of amides is 1. The highest BCUT2D eigenvalue weighted by Gasteiger charge is 2.38. The maximum Gasteiger partial charge on any atom is 0.264 e. The Morgan fingerprint density at radius 2 is 2.00 bits per heavy atom. The molecule has 3 nitrogen and oxygen atoms in total. The van der Waals surface area contributed by atoms with E-state index in [2.05, 4.69) is 28.4 Å². The Balaban J connectivity index is 0.00000132. The standard InChI is InChI=1S/C16H18N2OS.ClH/c19-16(15-9-11-3-1-2-4-14(11)20-15)18-12-5-6-13(18)10-17-8-7-12;/h1-4,9,12-13,17H,5-8,10H2;1H. The van der Waals surface area contributed by atoms with E-state index in [1.807, 2.05) is 12.1 Å². The average molecular weight is 323 g/mol. The lowest BCUT2D eigenvalue weighted by Crippen LogP contribution is -2.42. The van der Waals surface area contributed by atoms with Gasteiger partial charge in [0, 0.05) is 23.3 Å². The van der Waals surface area contributed by atoms with Crippen LogP contribution in [0.3, 0.4) is 0 Å². The van der Waals surface area contributed by atoms with E-state index in [1.165, 1.54) is 16.5 Å². The fourth-order valence-electron chi connectivity index (χ4n) is 3.53. The molecule has 2 unspecified atom stereocenters. The van der Waals surface area contributed by atoms with Crippen molar-refractivity contribution in [3.8, 4) is 0 Å². The average Bonchev–Trinajstić information content (AvgIpc) is 2.98. The zero-order chi connectivity index (χ0) is 13.5. The summed E-state index contributed by atoms with van der Waals surface area (Å²) in [7, 11) is 0. The zero-order valence-corrected chi connectivity index (χ0v) is 13.4. The lowest BCUT2D eigenvalue weighted by atomic mass is 10.1. The molecule has 3 heterocycles. The molecule has 21 heavy (non-hydrogen) atoms. The summed E-state index contributed by atoms with van der Waals surface area (Å²) in [6, 6.07) is 11.1. The van der Waals surface area contributed by atoms with Crippen LogP contribution >= 0.6 is 23.7 Å². The van der Waals surface area contributed by atoms with Crippen molar-refractivity contribution in [2.45, 2.75) is 31.3 Å². The fraction of sp³-hybridized carbons (Fsp3) is 0.438. The van der Waals surface area contributed by atoms with E-state index in [0.29, 0.717) is 12.1 Å². The van der Waals surface area contributed by atoms with Gasteiger partial charge in [-0.25, -0.2) is 0 Å². The monoisotopic (exact) mass is 322 g/mol. The number of hydrogen-bond acceptors (Lipinski definition) is 3. The van der Waals surface area contributed by atoms with Crippen molar-refractivity contribution < 1.29 is 4.79 Å². The SMILES string of the molecule is Cl.O=C(c1cc2ccccc2s1)N1C2CCNCC1CC2. The number of benzene rings is 1. The topological polar surface area (TPSA) is 32.3 Å². The molecule has 2 aliphatic heterocycles. The molecule has 2 saturated heterocycles. The van der Waals surface area contributed by atoms with E-state index in [4.69, 9.17) is 0 Å². The molecular weight excluding hydrogens is 304 g/mol. The maximum absolute atomic E-state index is 12.9. The molecule has 112 valence electrons. The molecule has 2 atom stereocenters. The molecule has 2 aromatic rings. The van der Waals surface area contributed by atoms with E-state index in [9.17, 15) is 4.79 Å². The molecule has 0 radical (unpaired) electrons. The van der Waals surface area contributed by atoms with Gasteiger partial charge in [0.2, 0.25) is 0 Å². The first kappa shape index (κ1) is 14.8. The van der Waals surface area contributed by atoms with Crippen LogP contribution in [0.1, 0.15) is 28.9 Å². The number of carbonyl (C=O) groups is 1. The smallest absolute Gasteiger partial charge is 0.264 e. The number of nitrogens with one attached hydrogen (secondary N) is 1. The van der Waals surface area contributed by atoms with Crippen LogP contribution in [0.5, 0.6) is 0 Å². The Morgan fingerprint density at radius 1 is 1.19 bits per heavy atom. The van der Waals surface area contributed by atoms with Crippen LogP contribution in [0.15, 0.2) is 30.3 Å². The number of fused-ring (bicyclic) bond motifs is 3. The molecule has 2 aliphatic rings. The summed E-state index contributed by atoms with van der Waals surface area (Å²) in [5.74, 6) is 0.238. The van der Waals surface area contributed by atoms with Gasteiger partial charge in [0.15, 0.2) is 0 Å². The number of halogens is 1. The number of thiophene rings is 1. The number of nitrogens with zero attached hydrogens (tertiary/aromatic N) is 1. The van der Waals surface area contributed by atoms with E-state index < -0.39 is 0 Å². The number of carbonyl (C=O) groups excluding carboxylic acids is 1. The minimum atomic E-state index is 0. The predicted octanol–water partition coefficient (Wildman–Crippen LogP) is 3.29. The highest BCUT2D eigenvalue weighted by Crippen LogP contribution is 2.33. The quantitative estimate of drug-likeness (QED) is 0.873. The zero-order valence-electron chi connectivity index (χ0n) is 11.7. The molecule has 2 bridgehead atoms. The van der Waals surface area contributed by atoms with Crippen LogP contribution in [0.25, 0.3) is 10.1 Å². The Bertz CT molecular complexity index is 610. The molecule has 2 fully saturated rings. The fourth-order valence-corrected chi connectivity index (χ4v) is 4.54. The molecule has 0 saturated carbocycles. The maximum atomic E-state index is 12.9. The first-order chi connectivity index (χ1) is 9.83. The minimum absolute atomic E-state index is 0. The lowest BCUT2D eigenvalue weighted by Gasteiger charge is -2.27. The van der Waals surface area contributed by atoms with Crippen LogP contribution in [-0.2, 0) is 0 Å². The van der Waals surface area contributed by atoms with Gasteiger partial charge in [0.1, 0.15) is 0 Å². The Hall–Kier alpha value is -1.10. The van der Waals surface area contributed by atoms with Crippen molar-refractivity contribution >= 4 is 39.7 Å². The second kappa shape index (κ2) is 5.95. The van der Waals surface area contributed by atoms with Gasteiger partial charge in [-0.15, -0.1) is 23.7 Å². The molecule has 0 aliphatic carbocycles. The first-order valence-corrected chi connectivity index (χ1v) is 8.16. The normalized spacial score (nSPS) is 24.7. The molecule has 1 amide bonds. The van der Waals surface area contributed by atoms with E-state index in [-0.39, 0.29) is 18.3 Å². The van der Waals surface area contributed by atoms with Gasteiger partial charge in [-0.3, -0.25) is 4.79 Å². The molecule has 1 aromatic carbocycles. The van der Waals surface area contributed by atoms with Crippen molar-refractivity contribution in [2.75, 3.05) is 13.1 Å². The van der Waals surface area contributed by atoms with Gasteiger partial charge in [0.25, 0.3) is 5.91 Å². The number of rotatable bonds is 1. The number of hydrogen-bond donors (Lipinski definition) is 1. The largest absolute Gasteiger partial charge is 0.331 e. The van der Waals surface area contributed by atoms with Crippen LogP contribution < -0.4 is 5.32 Å². The molecule has 5 heteroatoms. The first-order valence-electron chi connectivity index (χ1n) is 7.35. The summed E-state index contributed by atoms with van der Waals surface area (Å²) in [6.45, 7) is 1.99. The molecule has 1 aromatic heterocycles. The third kappa shape index (κ3) is 2.56. The van der Waals surface area contributed by atoms with E-state index in [0.717, 1.165) is 30.8 Å². The van der Waals surface area contributed by atoms with Gasteiger partial charge in [-0.1, -0.05) is 18.2 Å². The van der Waals surface area contributed by atoms with Gasteiger partial charge in [0.05, 0.1) is 4.88 Å². The van der Waals surface area contributed by atoms with Crippen molar-refractivity contribution in [3.05, 3.63) is 35.2 Å². The summed E-state index contributed by atoms with van der Waals surface area (Å²) in [5, 5.41) is 4.63. The summed E-state index contributed by atoms with van der Waals surface area (Å²) in [6.07, 6.45) is 3.41. The molecular formula is C16H19ClN2OS. The van der Waals surface area contributed by atoms with Crippen molar-refractivity contribution in [1.29, 1.82) is 0 Å². The van der Waals surface area contributed by atoms with Crippen LogP contribution in [0.4, 0.5) is 0 Å². The van der Waals surface area contributed by atoms with Gasteiger partial charge >= 0.3 is 0 Å². The van der Waals surface area contributed by atoms with E-state index in [1.54, 1.807) is 11.3 Å². The van der Waals surface area contributed by atoms with Crippen molar-refractivity contribution in [2.24, 2.45) is 0 Å². The second-order valence-corrected chi connectivity index (χ2v) is 6.82. The molecule has 4 rings (SSSR count). The highest BCUT2D eigenvalue weighted by atomic mass is 35.5. The summed E-state index contributed by atoms with van der Waals surface area (Å²) < 4.78 is 1.20. The Labute approximate surface area is 134 Å². The Morgan fingerprint density at radius 3 is 2.86 bits per heavy atom. The van der Waals surface area contributed by atoms with Crippen molar-refractivity contribution in [1.82, 2.24) is 10.2 Å². The minimum Gasteiger partial charge on any atom is -0.331 e. The Kier molecular flexibility index (Phi) is 4.20. The second-order valence-electron chi connectivity index (χ2n) is 5.74. The van der Waals surface area contributed by atoms with Crippen LogP contribution in [-0.4, -0.2) is 36.0 Å². The molecule has 1 N–H and O–H groups in total. The summed E-state index contributed by atoms with van der Waals surface area (Å²) >= 11 is 1.63. The third-order valence-corrected chi connectivity index (χ3v) is 5.63. The van der Waals surface area contributed by atoms with Gasteiger partial charge < -0.3 is 10.2 Å². The van der Waals surface area contributed by atoms with E-state index >= 15 is 0 Å². The lowest BCUT2D eigenvalue weighted by molar-refractivity contribution is 0.0685. The van der Waals surface area contributed by atoms with Crippen molar-refractivity contribution in [3.63, 3.8) is 0 Å².